The van der Waals surface area contributed by atoms with E-state index in [0.717, 1.165) is 0 Å². The van der Waals surface area contributed by atoms with Crippen LogP contribution in [-0.2, 0) is 4.79 Å². The van der Waals surface area contributed by atoms with E-state index in [2.05, 4.69) is 10.6 Å². The van der Waals surface area contributed by atoms with Gasteiger partial charge in [0.15, 0.2) is 0 Å². The molecule has 0 saturated carbocycles. The van der Waals surface area contributed by atoms with E-state index < -0.39 is 17.9 Å². The van der Waals surface area contributed by atoms with Crippen LogP contribution in [0, 0.1) is 6.92 Å². The lowest BCUT2D eigenvalue weighted by atomic mass is 10.1. The molecule has 7 nitrogen and oxygen atoms in total. The lowest BCUT2D eigenvalue weighted by Gasteiger charge is -2.09. The van der Waals surface area contributed by atoms with E-state index >= 15 is 0 Å². The molecule has 5 N–H and O–H groups in total. The number of primary amides is 1. The molecule has 0 saturated heterocycles. The number of aryl methyl sites for hydroxylation is 1. The fourth-order valence-electron chi connectivity index (χ4n) is 1.22. The Hall–Kier alpha value is -2.57. The summed E-state index contributed by atoms with van der Waals surface area (Å²) in [4.78, 5) is 32.6. The Bertz CT molecular complexity index is 499. The van der Waals surface area contributed by atoms with Gasteiger partial charge in [-0.05, 0) is 24.6 Å². The standard InChI is InChI=1S/C11H13N3O4/c1-6-2-3-7(10(16)17)4-8(6)14-11(18)13-5-9(12)15/h2-4H,5H2,1H3,(H2,12,15)(H,16,17)(H2,13,14,18). The predicted molar refractivity (Wildman–Crippen MR) is 64.4 cm³/mol. The van der Waals surface area contributed by atoms with Crippen LogP contribution in [0.15, 0.2) is 18.2 Å². The van der Waals surface area contributed by atoms with E-state index in [9.17, 15) is 14.4 Å². The number of carboxylic acid groups (broad SMARTS) is 1. The Morgan fingerprint density at radius 1 is 1.33 bits per heavy atom. The van der Waals surface area contributed by atoms with Crippen molar-refractivity contribution < 1.29 is 19.5 Å². The third-order valence-corrected chi connectivity index (χ3v) is 2.16. The van der Waals surface area contributed by atoms with E-state index in [-0.39, 0.29) is 12.1 Å². The maximum Gasteiger partial charge on any atom is 0.335 e. The summed E-state index contributed by atoms with van der Waals surface area (Å²) >= 11 is 0. The van der Waals surface area contributed by atoms with Gasteiger partial charge >= 0.3 is 12.0 Å². The summed E-state index contributed by atoms with van der Waals surface area (Å²) in [6.45, 7) is 1.43. The summed E-state index contributed by atoms with van der Waals surface area (Å²) in [6.07, 6.45) is 0. The van der Waals surface area contributed by atoms with Gasteiger partial charge in [0, 0.05) is 5.69 Å². The number of rotatable bonds is 4. The van der Waals surface area contributed by atoms with Crippen molar-refractivity contribution in [3.63, 3.8) is 0 Å². The zero-order chi connectivity index (χ0) is 13.7. The molecular formula is C11H13N3O4. The molecule has 0 aliphatic heterocycles. The van der Waals surface area contributed by atoms with Gasteiger partial charge in [0.25, 0.3) is 0 Å². The van der Waals surface area contributed by atoms with Gasteiger partial charge in [0.2, 0.25) is 5.91 Å². The van der Waals surface area contributed by atoms with Gasteiger partial charge in [-0.3, -0.25) is 4.79 Å². The van der Waals surface area contributed by atoms with Crippen LogP contribution in [0.3, 0.4) is 0 Å². The maximum atomic E-state index is 11.4. The average molecular weight is 251 g/mol. The van der Waals surface area contributed by atoms with E-state index in [1.165, 1.54) is 12.1 Å². The van der Waals surface area contributed by atoms with Crippen LogP contribution in [0.2, 0.25) is 0 Å². The number of carbonyl (C=O) groups is 3. The Kier molecular flexibility index (Phi) is 4.25. The molecule has 7 heteroatoms. The zero-order valence-corrected chi connectivity index (χ0v) is 9.69. The summed E-state index contributed by atoms with van der Waals surface area (Å²) < 4.78 is 0. The largest absolute Gasteiger partial charge is 0.478 e. The number of carboxylic acids is 1. The van der Waals surface area contributed by atoms with E-state index in [1.54, 1.807) is 13.0 Å². The second-order valence-electron chi connectivity index (χ2n) is 3.61. The highest BCUT2D eigenvalue weighted by Gasteiger charge is 2.09. The van der Waals surface area contributed by atoms with Crippen molar-refractivity contribution in [1.29, 1.82) is 0 Å². The Morgan fingerprint density at radius 2 is 2.00 bits per heavy atom. The Labute approximate surface area is 103 Å². The van der Waals surface area contributed by atoms with Gasteiger partial charge in [-0.25, -0.2) is 9.59 Å². The molecule has 0 fully saturated rings. The molecule has 1 aromatic rings. The highest BCUT2D eigenvalue weighted by Crippen LogP contribution is 2.16. The molecule has 96 valence electrons. The van der Waals surface area contributed by atoms with Crippen LogP contribution < -0.4 is 16.4 Å². The summed E-state index contributed by atoms with van der Waals surface area (Å²) in [7, 11) is 0. The Balaban J connectivity index is 2.77. The van der Waals surface area contributed by atoms with Crippen molar-refractivity contribution in [2.75, 3.05) is 11.9 Å². The van der Waals surface area contributed by atoms with Gasteiger partial charge in [-0.2, -0.15) is 0 Å². The van der Waals surface area contributed by atoms with Gasteiger partial charge in [0.1, 0.15) is 0 Å². The smallest absolute Gasteiger partial charge is 0.335 e. The number of benzene rings is 1. The molecule has 0 unspecified atom stereocenters. The van der Waals surface area contributed by atoms with Gasteiger partial charge in [0.05, 0.1) is 12.1 Å². The number of nitrogens with one attached hydrogen (secondary N) is 2. The topological polar surface area (TPSA) is 122 Å². The first kappa shape index (κ1) is 13.5. The molecule has 18 heavy (non-hydrogen) atoms. The normalized spacial score (nSPS) is 9.61. The molecule has 3 amide bonds. The van der Waals surface area contributed by atoms with Crippen LogP contribution in [0.5, 0.6) is 0 Å². The molecule has 0 aliphatic carbocycles. The third-order valence-electron chi connectivity index (χ3n) is 2.16. The number of anilines is 1. The monoisotopic (exact) mass is 251 g/mol. The van der Waals surface area contributed by atoms with Crippen LogP contribution in [0.1, 0.15) is 15.9 Å². The summed E-state index contributed by atoms with van der Waals surface area (Å²) in [6, 6.07) is 3.72. The first-order valence-electron chi connectivity index (χ1n) is 5.07. The first-order valence-corrected chi connectivity index (χ1v) is 5.07. The number of urea groups is 1. The molecular weight excluding hydrogens is 238 g/mol. The van der Waals surface area contributed by atoms with Crippen LogP contribution in [0.25, 0.3) is 0 Å². The second kappa shape index (κ2) is 5.67. The van der Waals surface area contributed by atoms with Crippen molar-refractivity contribution in [3.8, 4) is 0 Å². The summed E-state index contributed by atoms with van der Waals surface area (Å²) in [5.74, 6) is -1.75. The van der Waals surface area contributed by atoms with Crippen molar-refractivity contribution in [3.05, 3.63) is 29.3 Å². The minimum atomic E-state index is -1.09. The molecule has 0 radical (unpaired) electrons. The third kappa shape index (κ3) is 3.78. The lowest BCUT2D eigenvalue weighted by Crippen LogP contribution is -2.36. The van der Waals surface area contributed by atoms with E-state index in [4.69, 9.17) is 10.8 Å². The lowest BCUT2D eigenvalue weighted by molar-refractivity contribution is -0.117. The number of hydrogen-bond donors (Lipinski definition) is 4. The van der Waals surface area contributed by atoms with Crippen molar-refractivity contribution in [1.82, 2.24) is 5.32 Å². The molecule has 0 aromatic heterocycles. The second-order valence-corrected chi connectivity index (χ2v) is 3.61. The van der Waals surface area contributed by atoms with Gasteiger partial charge in [-0.1, -0.05) is 6.07 Å². The Morgan fingerprint density at radius 3 is 2.56 bits per heavy atom. The average Bonchev–Trinajstić information content (AvgIpc) is 2.29. The number of nitrogens with two attached hydrogens (primary N) is 1. The molecule has 0 heterocycles. The maximum absolute atomic E-state index is 11.4. The fraction of sp³-hybridized carbons (Fsp3) is 0.182. The summed E-state index contributed by atoms with van der Waals surface area (Å²) in [5.41, 5.74) is 5.99. The van der Waals surface area contributed by atoms with Crippen molar-refractivity contribution in [2.24, 2.45) is 5.73 Å². The van der Waals surface area contributed by atoms with Crippen LogP contribution in [0.4, 0.5) is 10.5 Å². The number of carbonyl (C=O) groups excluding carboxylic acids is 2. The predicted octanol–water partition coefficient (Wildman–Crippen LogP) is 0.300. The first-order chi connectivity index (χ1) is 8.40. The SMILES string of the molecule is Cc1ccc(C(=O)O)cc1NC(=O)NCC(N)=O. The molecule has 0 atom stereocenters. The van der Waals surface area contributed by atoms with Crippen molar-refractivity contribution in [2.45, 2.75) is 6.92 Å². The number of aromatic carboxylic acids is 1. The number of amides is 3. The van der Waals surface area contributed by atoms with Crippen molar-refractivity contribution >= 4 is 23.6 Å². The van der Waals surface area contributed by atoms with Crippen LogP contribution >= 0.6 is 0 Å². The van der Waals surface area contributed by atoms with Gasteiger partial charge < -0.3 is 21.5 Å². The fourth-order valence-corrected chi connectivity index (χ4v) is 1.22. The highest BCUT2D eigenvalue weighted by atomic mass is 16.4. The zero-order valence-electron chi connectivity index (χ0n) is 9.69. The van der Waals surface area contributed by atoms with Gasteiger partial charge in [-0.15, -0.1) is 0 Å². The molecule has 0 aliphatic rings. The van der Waals surface area contributed by atoms with Crippen LogP contribution in [-0.4, -0.2) is 29.6 Å². The number of hydrogen-bond acceptors (Lipinski definition) is 3. The minimum Gasteiger partial charge on any atom is -0.478 e. The molecule has 0 spiro atoms. The summed E-state index contributed by atoms with van der Waals surface area (Å²) in [5, 5.41) is 13.5. The molecule has 0 bridgehead atoms. The quantitative estimate of drug-likeness (QED) is 0.614. The van der Waals surface area contributed by atoms with E-state index in [0.29, 0.717) is 11.3 Å². The molecule has 1 rings (SSSR count). The minimum absolute atomic E-state index is 0.0609. The van der Waals surface area contributed by atoms with E-state index in [1.807, 2.05) is 0 Å². The molecule has 1 aromatic carbocycles. The highest BCUT2D eigenvalue weighted by molar-refractivity contribution is 5.95.